The van der Waals surface area contributed by atoms with Gasteiger partial charge in [-0.05, 0) is 60.7 Å². The predicted octanol–water partition coefficient (Wildman–Crippen LogP) is 4.61. The molecule has 180 valence electrons. The molecule has 3 N–H and O–H groups in total. The summed E-state index contributed by atoms with van der Waals surface area (Å²) in [6, 6.07) is 10.3. The van der Waals surface area contributed by atoms with Crippen LogP contribution < -0.4 is 10.0 Å². The van der Waals surface area contributed by atoms with Crippen LogP contribution in [-0.4, -0.2) is 24.4 Å². The van der Waals surface area contributed by atoms with E-state index in [1.165, 1.54) is 12.1 Å². The molecule has 0 atom stereocenters. The fourth-order valence-corrected chi connectivity index (χ4v) is 4.48. The van der Waals surface area contributed by atoms with Gasteiger partial charge in [-0.1, -0.05) is 0 Å². The zero-order valence-corrected chi connectivity index (χ0v) is 18.1. The van der Waals surface area contributed by atoms with E-state index in [0.717, 1.165) is 54.6 Å². The minimum absolute atomic E-state index is 0.0795. The summed E-state index contributed by atoms with van der Waals surface area (Å²) in [6.45, 7) is 0. The van der Waals surface area contributed by atoms with Gasteiger partial charge < -0.3 is 10.4 Å². The third kappa shape index (κ3) is 4.80. The van der Waals surface area contributed by atoms with Crippen molar-refractivity contribution in [2.24, 2.45) is 0 Å². The van der Waals surface area contributed by atoms with Crippen molar-refractivity contribution in [3.63, 3.8) is 0 Å². The molecule has 0 saturated heterocycles. The number of hydrogen-bond donors (Lipinski definition) is 3. The molecule has 0 radical (unpaired) electrons. The van der Waals surface area contributed by atoms with Gasteiger partial charge in [0.1, 0.15) is 5.75 Å². The Morgan fingerprint density at radius 2 is 1.71 bits per heavy atom. The van der Waals surface area contributed by atoms with E-state index in [1.807, 2.05) is 0 Å². The second-order valence-electron chi connectivity index (χ2n) is 7.40. The highest BCUT2D eigenvalue weighted by atomic mass is 32.2. The summed E-state index contributed by atoms with van der Waals surface area (Å²) in [5.74, 6) is -0.930. The standard InChI is InChI=1S/C22H14F3N3O6S/c23-22(24,25)13-1-3-14(4-2-13)27-35(33,34)16-6-7-19-17(11-16)18(21(30)26-19)10-12-9-15(29)5-8-20(12)28(31)32/h1-11,27,29H,(H,26,30). The molecule has 1 aliphatic heterocycles. The molecule has 0 unspecified atom stereocenters. The van der Waals surface area contributed by atoms with Crippen LogP contribution in [0.3, 0.4) is 0 Å². The Hall–Kier alpha value is -4.39. The number of nitro benzene ring substituents is 1. The highest BCUT2D eigenvalue weighted by Crippen LogP contribution is 2.37. The number of halogens is 3. The second-order valence-corrected chi connectivity index (χ2v) is 9.08. The third-order valence-electron chi connectivity index (χ3n) is 5.06. The fraction of sp³-hybridized carbons (Fsp3) is 0.0455. The summed E-state index contributed by atoms with van der Waals surface area (Å²) < 4.78 is 66.1. The van der Waals surface area contributed by atoms with Gasteiger partial charge in [0.25, 0.3) is 21.6 Å². The van der Waals surface area contributed by atoms with E-state index in [0.29, 0.717) is 0 Å². The van der Waals surface area contributed by atoms with Crippen LogP contribution in [0.2, 0.25) is 0 Å². The van der Waals surface area contributed by atoms with Crippen molar-refractivity contribution in [1.29, 1.82) is 0 Å². The van der Waals surface area contributed by atoms with E-state index in [9.17, 15) is 41.6 Å². The first-order valence-electron chi connectivity index (χ1n) is 9.70. The lowest BCUT2D eigenvalue weighted by molar-refractivity contribution is -0.385. The number of amides is 1. The molecule has 4 rings (SSSR count). The number of anilines is 2. The molecule has 3 aromatic carbocycles. The molecule has 0 spiro atoms. The first-order valence-corrected chi connectivity index (χ1v) is 11.2. The summed E-state index contributed by atoms with van der Waals surface area (Å²) >= 11 is 0. The van der Waals surface area contributed by atoms with Gasteiger partial charge in [0.15, 0.2) is 0 Å². The van der Waals surface area contributed by atoms with Crippen molar-refractivity contribution >= 4 is 44.6 Å². The van der Waals surface area contributed by atoms with Crippen molar-refractivity contribution in [1.82, 2.24) is 0 Å². The van der Waals surface area contributed by atoms with Crippen LogP contribution in [0.15, 0.2) is 65.6 Å². The topological polar surface area (TPSA) is 139 Å². The molecule has 1 amide bonds. The van der Waals surface area contributed by atoms with Crippen LogP contribution in [0, 0.1) is 10.1 Å². The minimum Gasteiger partial charge on any atom is -0.508 e. The Kier molecular flexibility index (Phi) is 5.72. The minimum atomic E-state index is -4.58. The molecule has 0 bridgehead atoms. The number of benzene rings is 3. The number of hydrogen-bond acceptors (Lipinski definition) is 6. The zero-order valence-electron chi connectivity index (χ0n) is 17.3. The summed E-state index contributed by atoms with van der Waals surface area (Å²) in [4.78, 5) is 22.8. The number of nitrogens with one attached hydrogen (secondary N) is 2. The number of carbonyl (C=O) groups is 1. The van der Waals surface area contributed by atoms with Crippen LogP contribution >= 0.6 is 0 Å². The van der Waals surface area contributed by atoms with Crippen molar-refractivity contribution in [2.45, 2.75) is 11.1 Å². The number of rotatable bonds is 5. The number of aromatic hydroxyl groups is 1. The lowest BCUT2D eigenvalue weighted by Gasteiger charge is -2.11. The van der Waals surface area contributed by atoms with Gasteiger partial charge in [0, 0.05) is 28.6 Å². The van der Waals surface area contributed by atoms with E-state index < -0.39 is 32.6 Å². The molecule has 0 aromatic heterocycles. The van der Waals surface area contributed by atoms with Gasteiger partial charge in [-0.25, -0.2) is 8.42 Å². The molecule has 0 saturated carbocycles. The third-order valence-corrected chi connectivity index (χ3v) is 6.44. The zero-order chi connectivity index (χ0) is 25.5. The smallest absolute Gasteiger partial charge is 0.416 e. The Morgan fingerprint density at radius 3 is 2.34 bits per heavy atom. The second kappa shape index (κ2) is 8.43. The number of nitro groups is 1. The Morgan fingerprint density at radius 1 is 1.03 bits per heavy atom. The van der Waals surface area contributed by atoms with E-state index in [1.54, 1.807) is 0 Å². The normalized spacial score (nSPS) is 14.5. The molecular formula is C22H14F3N3O6S. The maximum absolute atomic E-state index is 12.8. The fourth-order valence-electron chi connectivity index (χ4n) is 3.40. The molecule has 0 aliphatic carbocycles. The van der Waals surface area contributed by atoms with Crippen LogP contribution in [0.25, 0.3) is 11.6 Å². The van der Waals surface area contributed by atoms with E-state index in [-0.39, 0.29) is 44.4 Å². The van der Waals surface area contributed by atoms with Crippen LogP contribution in [-0.2, 0) is 21.0 Å². The first kappa shape index (κ1) is 23.8. The van der Waals surface area contributed by atoms with Crippen molar-refractivity contribution in [2.75, 3.05) is 10.0 Å². The molecule has 9 nitrogen and oxygen atoms in total. The predicted molar refractivity (Wildman–Crippen MR) is 120 cm³/mol. The largest absolute Gasteiger partial charge is 0.508 e. The van der Waals surface area contributed by atoms with E-state index in [2.05, 4.69) is 10.0 Å². The quantitative estimate of drug-likeness (QED) is 0.263. The van der Waals surface area contributed by atoms with E-state index >= 15 is 0 Å². The monoisotopic (exact) mass is 505 g/mol. The maximum atomic E-state index is 12.8. The number of fused-ring (bicyclic) bond motifs is 1. The number of alkyl halides is 3. The highest BCUT2D eigenvalue weighted by molar-refractivity contribution is 7.92. The molecule has 35 heavy (non-hydrogen) atoms. The van der Waals surface area contributed by atoms with Gasteiger partial charge >= 0.3 is 6.18 Å². The SMILES string of the molecule is O=C1Nc2ccc(S(=O)(=O)Nc3ccc(C(F)(F)F)cc3)cc2C1=Cc1cc(O)ccc1[N+](=O)[O-]. The number of phenolic OH excluding ortho intramolecular Hbond substituents is 1. The van der Waals surface area contributed by atoms with Crippen molar-refractivity contribution < 1.29 is 36.4 Å². The average molecular weight is 505 g/mol. The molecule has 1 heterocycles. The summed E-state index contributed by atoms with van der Waals surface area (Å²) in [5.41, 5.74) is -1.23. The summed E-state index contributed by atoms with van der Waals surface area (Å²) in [6.07, 6.45) is -3.43. The highest BCUT2D eigenvalue weighted by Gasteiger charge is 2.31. The molecule has 13 heteroatoms. The number of phenols is 1. The van der Waals surface area contributed by atoms with Crippen LogP contribution in [0.5, 0.6) is 5.75 Å². The lowest BCUT2D eigenvalue weighted by atomic mass is 10.0. The van der Waals surface area contributed by atoms with Crippen LogP contribution in [0.4, 0.5) is 30.2 Å². The van der Waals surface area contributed by atoms with Gasteiger partial charge in [-0.15, -0.1) is 0 Å². The Balaban J connectivity index is 1.71. The molecular weight excluding hydrogens is 491 g/mol. The molecule has 0 fully saturated rings. The van der Waals surface area contributed by atoms with Gasteiger partial charge in [-0.3, -0.25) is 19.6 Å². The molecule has 3 aromatic rings. The summed E-state index contributed by atoms with van der Waals surface area (Å²) in [5, 5.41) is 23.5. The van der Waals surface area contributed by atoms with Crippen molar-refractivity contribution in [3.05, 3.63) is 87.5 Å². The summed E-state index contributed by atoms with van der Waals surface area (Å²) in [7, 11) is -4.27. The average Bonchev–Trinajstić information content (AvgIpc) is 3.07. The number of carbonyl (C=O) groups excluding carboxylic acids is 1. The van der Waals surface area contributed by atoms with E-state index in [4.69, 9.17) is 0 Å². The van der Waals surface area contributed by atoms with Gasteiger partial charge in [0.05, 0.1) is 20.9 Å². The number of nitrogens with zero attached hydrogens (tertiary/aromatic N) is 1. The van der Waals surface area contributed by atoms with Gasteiger partial charge in [-0.2, -0.15) is 13.2 Å². The number of sulfonamides is 1. The van der Waals surface area contributed by atoms with Crippen molar-refractivity contribution in [3.8, 4) is 5.75 Å². The first-order chi connectivity index (χ1) is 16.3. The molecule has 1 aliphatic rings. The van der Waals surface area contributed by atoms with Gasteiger partial charge in [0.2, 0.25) is 0 Å². The maximum Gasteiger partial charge on any atom is 0.416 e. The Labute approximate surface area is 195 Å². The van der Waals surface area contributed by atoms with Crippen LogP contribution in [0.1, 0.15) is 16.7 Å². The Bertz CT molecular complexity index is 1500. The lowest BCUT2D eigenvalue weighted by Crippen LogP contribution is -2.13.